The fourth-order valence-corrected chi connectivity index (χ4v) is 5.61. The standard InChI is InChI=1S/C34H35NO4/c1-4-12-25(13-5-1)21-36-24-31-34(38-23-27-16-8-3-9-17-27)33(37-22-26-14-6-2-7-15-26)29-20-35-30-19-11-10-18-28(30)32(29)39-31/h1-19,29,31-35H,20-24H2/t29-,31+,32+,33+,34+/m0/s1. The molecule has 2 aliphatic rings. The molecule has 39 heavy (non-hydrogen) atoms. The van der Waals surface area contributed by atoms with Crippen molar-refractivity contribution in [2.24, 2.45) is 5.92 Å². The molecule has 2 heterocycles. The minimum atomic E-state index is -0.294. The summed E-state index contributed by atoms with van der Waals surface area (Å²) in [5.74, 6) is 0.0924. The van der Waals surface area contributed by atoms with Crippen LogP contribution in [-0.2, 0) is 38.8 Å². The lowest BCUT2D eigenvalue weighted by atomic mass is 9.80. The second-order valence-electron chi connectivity index (χ2n) is 10.3. The summed E-state index contributed by atoms with van der Waals surface area (Å²) in [4.78, 5) is 0. The second-order valence-corrected chi connectivity index (χ2v) is 10.3. The van der Waals surface area contributed by atoms with Crippen LogP contribution in [-0.4, -0.2) is 31.5 Å². The van der Waals surface area contributed by atoms with Gasteiger partial charge in [-0.15, -0.1) is 0 Å². The number of nitrogens with one attached hydrogen (secondary N) is 1. The summed E-state index contributed by atoms with van der Waals surface area (Å²) in [5, 5.41) is 3.62. The van der Waals surface area contributed by atoms with Crippen molar-refractivity contribution in [1.29, 1.82) is 0 Å². The molecule has 0 radical (unpaired) electrons. The van der Waals surface area contributed by atoms with E-state index in [1.54, 1.807) is 0 Å². The van der Waals surface area contributed by atoms with E-state index in [9.17, 15) is 0 Å². The molecule has 2 aliphatic heterocycles. The van der Waals surface area contributed by atoms with Crippen LogP contribution in [0.15, 0.2) is 115 Å². The fourth-order valence-electron chi connectivity index (χ4n) is 5.61. The van der Waals surface area contributed by atoms with Gasteiger partial charge >= 0.3 is 0 Å². The van der Waals surface area contributed by atoms with Crippen LogP contribution in [0.25, 0.3) is 0 Å². The molecule has 0 spiro atoms. The van der Waals surface area contributed by atoms with Gasteiger partial charge in [0, 0.05) is 23.7 Å². The van der Waals surface area contributed by atoms with Crippen LogP contribution >= 0.6 is 0 Å². The first kappa shape index (κ1) is 25.8. The highest BCUT2D eigenvalue weighted by Gasteiger charge is 2.49. The van der Waals surface area contributed by atoms with Crippen molar-refractivity contribution in [1.82, 2.24) is 0 Å². The van der Waals surface area contributed by atoms with E-state index in [0.29, 0.717) is 26.4 Å². The number of anilines is 1. The summed E-state index contributed by atoms with van der Waals surface area (Å²) in [5.41, 5.74) is 5.68. The van der Waals surface area contributed by atoms with Gasteiger partial charge in [0.15, 0.2) is 0 Å². The highest BCUT2D eigenvalue weighted by Crippen LogP contribution is 2.45. The molecule has 0 amide bonds. The van der Waals surface area contributed by atoms with E-state index < -0.39 is 0 Å². The lowest BCUT2D eigenvalue weighted by Crippen LogP contribution is -2.57. The number of fused-ring (bicyclic) bond motifs is 3. The SMILES string of the molecule is c1ccc(COC[C@H]2O[C@@H]3c4ccccc4NC[C@@H]3[C@@H](OCc3ccccc3)[C@@H]2OCc2ccccc2)cc1. The van der Waals surface area contributed by atoms with E-state index in [4.69, 9.17) is 18.9 Å². The van der Waals surface area contributed by atoms with Crippen LogP contribution in [0, 0.1) is 5.92 Å². The zero-order chi connectivity index (χ0) is 26.3. The van der Waals surface area contributed by atoms with E-state index in [0.717, 1.165) is 34.5 Å². The molecular formula is C34H35NO4. The van der Waals surface area contributed by atoms with E-state index in [2.05, 4.69) is 66.0 Å². The molecule has 0 aromatic heterocycles. The van der Waals surface area contributed by atoms with Gasteiger partial charge in [0.2, 0.25) is 0 Å². The molecule has 4 aromatic carbocycles. The topological polar surface area (TPSA) is 49.0 Å². The van der Waals surface area contributed by atoms with Gasteiger partial charge in [0.05, 0.1) is 38.6 Å². The molecule has 0 aliphatic carbocycles. The van der Waals surface area contributed by atoms with Crippen LogP contribution in [0.5, 0.6) is 0 Å². The highest BCUT2D eigenvalue weighted by atomic mass is 16.6. The molecule has 6 rings (SSSR count). The summed E-state index contributed by atoms with van der Waals surface area (Å²) < 4.78 is 26.5. The number of ether oxygens (including phenoxy) is 4. The molecule has 0 saturated carbocycles. The van der Waals surface area contributed by atoms with E-state index in [1.165, 1.54) is 0 Å². The van der Waals surface area contributed by atoms with Crippen molar-refractivity contribution in [3.05, 3.63) is 138 Å². The zero-order valence-electron chi connectivity index (χ0n) is 22.0. The van der Waals surface area contributed by atoms with Gasteiger partial charge in [-0.1, -0.05) is 109 Å². The predicted octanol–water partition coefficient (Wildman–Crippen LogP) is 6.56. The van der Waals surface area contributed by atoms with Gasteiger partial charge < -0.3 is 24.3 Å². The first-order valence-corrected chi connectivity index (χ1v) is 13.8. The summed E-state index contributed by atoms with van der Waals surface area (Å²) in [6.07, 6.45) is -0.868. The summed E-state index contributed by atoms with van der Waals surface area (Å²) >= 11 is 0. The highest BCUT2D eigenvalue weighted by molar-refractivity contribution is 5.55. The maximum atomic E-state index is 6.87. The lowest BCUT2D eigenvalue weighted by Gasteiger charge is -2.49. The Labute approximate surface area is 230 Å². The summed E-state index contributed by atoms with van der Waals surface area (Å²) in [7, 11) is 0. The van der Waals surface area contributed by atoms with Crippen LogP contribution in [0.2, 0.25) is 0 Å². The third-order valence-electron chi connectivity index (χ3n) is 7.58. The van der Waals surface area contributed by atoms with Crippen molar-refractivity contribution in [3.8, 4) is 0 Å². The van der Waals surface area contributed by atoms with E-state index in [1.807, 2.05) is 54.6 Å². The van der Waals surface area contributed by atoms with Crippen LogP contribution in [0.3, 0.4) is 0 Å². The number of hydrogen-bond acceptors (Lipinski definition) is 5. The Hall–Kier alpha value is -3.48. The van der Waals surface area contributed by atoms with E-state index in [-0.39, 0.29) is 30.3 Å². The minimum absolute atomic E-state index is 0.0924. The molecule has 4 aromatic rings. The van der Waals surface area contributed by atoms with Gasteiger partial charge in [0.25, 0.3) is 0 Å². The van der Waals surface area contributed by atoms with Crippen molar-refractivity contribution >= 4 is 5.69 Å². The molecule has 0 bridgehead atoms. The van der Waals surface area contributed by atoms with Gasteiger partial charge in [-0.25, -0.2) is 0 Å². The van der Waals surface area contributed by atoms with Crippen molar-refractivity contribution in [2.45, 2.75) is 44.2 Å². The Kier molecular flexibility index (Phi) is 8.32. The number of hydrogen-bond donors (Lipinski definition) is 1. The molecule has 0 unspecified atom stereocenters. The lowest BCUT2D eigenvalue weighted by molar-refractivity contribution is -0.246. The summed E-state index contributed by atoms with van der Waals surface area (Å²) in [6, 6.07) is 39.3. The average molecular weight is 522 g/mol. The second kappa shape index (κ2) is 12.6. The third-order valence-corrected chi connectivity index (χ3v) is 7.58. The quantitative estimate of drug-likeness (QED) is 0.256. The maximum Gasteiger partial charge on any atom is 0.113 e. The average Bonchev–Trinajstić information content (AvgIpc) is 3.00. The number of para-hydroxylation sites is 1. The van der Waals surface area contributed by atoms with Crippen LogP contribution < -0.4 is 5.32 Å². The molecule has 5 atom stereocenters. The Bertz CT molecular complexity index is 1300. The number of rotatable bonds is 10. The first-order valence-electron chi connectivity index (χ1n) is 13.8. The predicted molar refractivity (Wildman–Crippen MR) is 152 cm³/mol. The molecular weight excluding hydrogens is 486 g/mol. The molecule has 1 N–H and O–H groups in total. The molecule has 1 fully saturated rings. The van der Waals surface area contributed by atoms with Gasteiger partial charge in [-0.2, -0.15) is 0 Å². The minimum Gasteiger partial charge on any atom is -0.384 e. The largest absolute Gasteiger partial charge is 0.384 e. The van der Waals surface area contributed by atoms with Gasteiger partial charge in [0.1, 0.15) is 12.2 Å². The molecule has 5 heteroatoms. The van der Waals surface area contributed by atoms with E-state index >= 15 is 0 Å². The smallest absolute Gasteiger partial charge is 0.113 e. The number of benzene rings is 4. The zero-order valence-corrected chi connectivity index (χ0v) is 22.0. The first-order chi connectivity index (χ1) is 19.3. The molecule has 1 saturated heterocycles. The van der Waals surface area contributed by atoms with Crippen molar-refractivity contribution in [3.63, 3.8) is 0 Å². The van der Waals surface area contributed by atoms with Gasteiger partial charge in [-0.3, -0.25) is 0 Å². The Morgan fingerprint density at radius 1 is 0.615 bits per heavy atom. The Morgan fingerprint density at radius 2 is 1.15 bits per heavy atom. The monoisotopic (exact) mass is 521 g/mol. The van der Waals surface area contributed by atoms with Crippen molar-refractivity contribution < 1.29 is 18.9 Å². The van der Waals surface area contributed by atoms with Crippen molar-refractivity contribution in [2.75, 3.05) is 18.5 Å². The molecule has 5 nitrogen and oxygen atoms in total. The third kappa shape index (κ3) is 6.23. The Balaban J connectivity index is 1.28. The normalized spacial score (nSPS) is 23.8. The van der Waals surface area contributed by atoms with Crippen LogP contribution in [0.4, 0.5) is 5.69 Å². The maximum absolute atomic E-state index is 6.87. The Morgan fingerprint density at radius 3 is 1.79 bits per heavy atom. The van der Waals surface area contributed by atoms with Gasteiger partial charge in [-0.05, 0) is 22.8 Å². The summed E-state index contributed by atoms with van der Waals surface area (Å²) in [6.45, 7) is 2.69. The van der Waals surface area contributed by atoms with Crippen LogP contribution in [0.1, 0.15) is 28.4 Å². The molecule has 200 valence electrons. The fraction of sp³-hybridized carbons (Fsp3) is 0.294.